The van der Waals surface area contributed by atoms with Gasteiger partial charge in [0.25, 0.3) is 5.91 Å². The van der Waals surface area contributed by atoms with Crippen LogP contribution in [0, 0.1) is 0 Å². The first-order valence-electron chi connectivity index (χ1n) is 11.4. The summed E-state index contributed by atoms with van der Waals surface area (Å²) >= 11 is 0. The third-order valence-electron chi connectivity index (χ3n) is 6.24. The van der Waals surface area contributed by atoms with Crippen LogP contribution in [0.4, 0.5) is 0 Å². The molecule has 0 aliphatic carbocycles. The highest BCUT2D eigenvalue weighted by Gasteiger charge is 2.30. The molecule has 2 aromatic carbocycles. The summed E-state index contributed by atoms with van der Waals surface area (Å²) in [7, 11) is -2.20. The molecule has 2 aliphatic rings. The lowest BCUT2D eigenvalue weighted by atomic mass is 10.1. The summed E-state index contributed by atoms with van der Waals surface area (Å²) in [6.07, 6.45) is 6.13. The number of hydrogen-bond acceptors (Lipinski definition) is 5. The second-order valence-electron chi connectivity index (χ2n) is 8.38. The van der Waals surface area contributed by atoms with E-state index in [1.54, 1.807) is 11.0 Å². The van der Waals surface area contributed by atoms with Gasteiger partial charge >= 0.3 is 0 Å². The van der Waals surface area contributed by atoms with Gasteiger partial charge in [0, 0.05) is 45.8 Å². The highest BCUT2D eigenvalue weighted by Crippen LogP contribution is 2.27. The Labute approximate surface area is 196 Å². The molecular weight excluding hydrogens is 438 g/mol. The lowest BCUT2D eigenvalue weighted by molar-refractivity contribution is 0.0789. The van der Waals surface area contributed by atoms with Crippen LogP contribution in [0.1, 0.15) is 28.8 Å². The summed E-state index contributed by atoms with van der Waals surface area (Å²) in [4.78, 5) is 17.1. The van der Waals surface area contributed by atoms with Crippen molar-refractivity contribution in [3.63, 3.8) is 0 Å². The smallest absolute Gasteiger partial charge is 0.257 e. The Hall–Kier alpha value is -2.68. The quantitative estimate of drug-likeness (QED) is 0.624. The number of amides is 1. The molecule has 2 saturated heterocycles. The van der Waals surface area contributed by atoms with Crippen molar-refractivity contribution in [3.8, 4) is 5.75 Å². The average Bonchev–Trinajstić information content (AvgIpc) is 3.39. The number of carbonyl (C=O) groups excluding carboxylic acids is 1. The van der Waals surface area contributed by atoms with Crippen molar-refractivity contribution in [1.29, 1.82) is 0 Å². The van der Waals surface area contributed by atoms with Crippen LogP contribution >= 0.6 is 0 Å². The fourth-order valence-corrected chi connectivity index (χ4v) is 5.76. The maximum atomic E-state index is 13.3. The van der Waals surface area contributed by atoms with Crippen molar-refractivity contribution in [3.05, 3.63) is 65.7 Å². The normalized spacial score (nSPS) is 18.2. The molecule has 33 heavy (non-hydrogen) atoms. The molecule has 8 heteroatoms. The van der Waals surface area contributed by atoms with E-state index in [1.165, 1.54) is 23.5 Å². The largest absolute Gasteiger partial charge is 0.496 e. The minimum absolute atomic E-state index is 0.142. The summed E-state index contributed by atoms with van der Waals surface area (Å²) in [5.41, 5.74) is 1.46. The number of methoxy groups -OCH3 is 1. The molecule has 0 bridgehead atoms. The van der Waals surface area contributed by atoms with Crippen LogP contribution in [0.2, 0.25) is 0 Å². The van der Waals surface area contributed by atoms with E-state index < -0.39 is 10.0 Å². The van der Waals surface area contributed by atoms with Crippen molar-refractivity contribution in [1.82, 2.24) is 14.1 Å². The Morgan fingerprint density at radius 2 is 1.67 bits per heavy atom. The van der Waals surface area contributed by atoms with Crippen molar-refractivity contribution in [2.75, 3.05) is 52.9 Å². The summed E-state index contributed by atoms with van der Waals surface area (Å²) in [5, 5.41) is 0. The molecule has 4 rings (SSSR count). The van der Waals surface area contributed by atoms with E-state index in [0.29, 0.717) is 50.6 Å². The summed E-state index contributed by atoms with van der Waals surface area (Å²) in [6, 6.07) is 14.7. The Kier molecular flexibility index (Phi) is 7.47. The highest BCUT2D eigenvalue weighted by atomic mass is 32.2. The third kappa shape index (κ3) is 5.46. The van der Waals surface area contributed by atoms with E-state index in [-0.39, 0.29) is 10.8 Å². The Morgan fingerprint density at radius 1 is 0.970 bits per heavy atom. The molecule has 0 aromatic heterocycles. The minimum Gasteiger partial charge on any atom is -0.496 e. The van der Waals surface area contributed by atoms with Crippen LogP contribution in [0.3, 0.4) is 0 Å². The SMILES string of the molecule is COc1ccc(S(=O)(=O)N2CCN(C/C=C/c3ccccc3)CC2)cc1C(=O)N1CCCC1. The number of piperazine rings is 1. The monoisotopic (exact) mass is 469 g/mol. The van der Waals surface area contributed by atoms with Crippen molar-refractivity contribution in [2.24, 2.45) is 0 Å². The number of nitrogens with zero attached hydrogens (tertiary/aromatic N) is 3. The van der Waals surface area contributed by atoms with E-state index >= 15 is 0 Å². The van der Waals surface area contributed by atoms with Crippen LogP contribution in [0.25, 0.3) is 6.08 Å². The van der Waals surface area contributed by atoms with Crippen LogP contribution in [-0.2, 0) is 10.0 Å². The first-order chi connectivity index (χ1) is 16.0. The zero-order valence-corrected chi connectivity index (χ0v) is 19.8. The molecule has 0 unspecified atom stereocenters. The molecule has 0 N–H and O–H groups in total. The second kappa shape index (κ2) is 10.5. The zero-order chi connectivity index (χ0) is 23.3. The number of rotatable bonds is 7. The number of ether oxygens (including phenoxy) is 1. The molecule has 2 fully saturated rings. The third-order valence-corrected chi connectivity index (χ3v) is 8.13. The standard InChI is InChI=1S/C25H31N3O4S/c1-32-24-12-11-22(20-23(24)25(29)27-14-5-6-15-27)33(30,31)28-18-16-26(17-19-28)13-7-10-21-8-3-2-4-9-21/h2-4,7-12,20H,5-6,13-19H2,1H3/b10-7+. The molecule has 1 amide bonds. The molecule has 2 heterocycles. The van der Waals surface area contributed by atoms with Crippen LogP contribution in [0.15, 0.2) is 59.5 Å². The molecule has 0 saturated carbocycles. The maximum Gasteiger partial charge on any atom is 0.257 e. The van der Waals surface area contributed by atoms with Crippen LogP contribution in [0.5, 0.6) is 5.75 Å². The summed E-state index contributed by atoms with van der Waals surface area (Å²) < 4.78 is 33.5. The number of likely N-dealkylation sites (tertiary alicyclic amines) is 1. The van der Waals surface area contributed by atoms with Crippen LogP contribution < -0.4 is 4.74 Å². The van der Waals surface area contributed by atoms with Crippen LogP contribution in [-0.4, -0.2) is 81.4 Å². The van der Waals surface area contributed by atoms with E-state index in [4.69, 9.17) is 4.74 Å². The van der Waals surface area contributed by atoms with Crippen molar-refractivity contribution < 1.29 is 17.9 Å². The Morgan fingerprint density at radius 3 is 2.33 bits per heavy atom. The van der Waals surface area contributed by atoms with E-state index in [0.717, 1.165) is 24.9 Å². The highest BCUT2D eigenvalue weighted by molar-refractivity contribution is 7.89. The predicted molar refractivity (Wildman–Crippen MR) is 129 cm³/mol. The van der Waals surface area contributed by atoms with Gasteiger partial charge in [0.2, 0.25) is 10.0 Å². The fraction of sp³-hybridized carbons (Fsp3) is 0.400. The van der Waals surface area contributed by atoms with Gasteiger partial charge in [0.15, 0.2) is 0 Å². The van der Waals surface area contributed by atoms with Gasteiger partial charge in [-0.15, -0.1) is 0 Å². The molecular formula is C25H31N3O4S. The van der Waals surface area contributed by atoms with Gasteiger partial charge in [-0.1, -0.05) is 42.5 Å². The fourth-order valence-electron chi connectivity index (χ4n) is 4.31. The topological polar surface area (TPSA) is 70.2 Å². The molecule has 176 valence electrons. The van der Waals surface area contributed by atoms with Gasteiger partial charge in [-0.05, 0) is 36.6 Å². The molecule has 2 aromatic rings. The zero-order valence-electron chi connectivity index (χ0n) is 19.0. The lowest BCUT2D eigenvalue weighted by Gasteiger charge is -2.33. The molecule has 2 aliphatic heterocycles. The van der Waals surface area contributed by atoms with Gasteiger partial charge < -0.3 is 9.64 Å². The molecule has 0 radical (unpaired) electrons. The first kappa shape index (κ1) is 23.5. The summed E-state index contributed by atoms with van der Waals surface area (Å²) in [5.74, 6) is 0.234. The van der Waals surface area contributed by atoms with E-state index in [9.17, 15) is 13.2 Å². The molecule has 7 nitrogen and oxygen atoms in total. The molecule has 0 atom stereocenters. The van der Waals surface area contributed by atoms with Crippen molar-refractivity contribution in [2.45, 2.75) is 17.7 Å². The van der Waals surface area contributed by atoms with Gasteiger partial charge in [0.05, 0.1) is 17.6 Å². The number of benzene rings is 2. The Bertz CT molecular complexity index is 1090. The number of carbonyl (C=O) groups is 1. The minimum atomic E-state index is -3.69. The number of hydrogen-bond donors (Lipinski definition) is 0. The second-order valence-corrected chi connectivity index (χ2v) is 10.3. The maximum absolute atomic E-state index is 13.3. The average molecular weight is 470 g/mol. The van der Waals surface area contributed by atoms with Crippen molar-refractivity contribution >= 4 is 22.0 Å². The van der Waals surface area contributed by atoms with Gasteiger partial charge in [-0.2, -0.15) is 4.31 Å². The van der Waals surface area contributed by atoms with Gasteiger partial charge in [0.1, 0.15) is 5.75 Å². The van der Waals surface area contributed by atoms with Gasteiger partial charge in [-0.25, -0.2) is 8.42 Å². The lowest BCUT2D eigenvalue weighted by Crippen LogP contribution is -2.48. The Balaban J connectivity index is 1.41. The predicted octanol–water partition coefficient (Wildman–Crippen LogP) is 2.95. The van der Waals surface area contributed by atoms with E-state index in [1.807, 2.05) is 18.2 Å². The van der Waals surface area contributed by atoms with E-state index in [2.05, 4.69) is 29.2 Å². The van der Waals surface area contributed by atoms with Gasteiger partial charge in [-0.3, -0.25) is 9.69 Å². The number of sulfonamides is 1. The molecule has 0 spiro atoms. The first-order valence-corrected chi connectivity index (χ1v) is 12.8. The summed E-state index contributed by atoms with van der Waals surface area (Å²) in [6.45, 7) is 4.33.